The zero-order valence-corrected chi connectivity index (χ0v) is 9.61. The van der Waals surface area contributed by atoms with Crippen molar-refractivity contribution in [3.63, 3.8) is 0 Å². The molecule has 0 amide bonds. The van der Waals surface area contributed by atoms with E-state index in [2.05, 4.69) is 4.98 Å². The molecule has 0 atom stereocenters. The first kappa shape index (κ1) is 10.9. The van der Waals surface area contributed by atoms with E-state index in [1.165, 1.54) is 4.57 Å². The van der Waals surface area contributed by atoms with Gasteiger partial charge in [0.15, 0.2) is 0 Å². The van der Waals surface area contributed by atoms with Crippen LogP contribution in [0.25, 0.3) is 11.3 Å². The van der Waals surface area contributed by atoms with Crippen LogP contribution in [0.1, 0.15) is 5.56 Å². The molecule has 3 nitrogen and oxygen atoms in total. The van der Waals surface area contributed by atoms with E-state index < -0.39 is 0 Å². The molecule has 0 N–H and O–H groups in total. The van der Waals surface area contributed by atoms with E-state index in [4.69, 9.17) is 11.6 Å². The van der Waals surface area contributed by atoms with Gasteiger partial charge in [-0.2, -0.15) is 0 Å². The predicted molar refractivity (Wildman–Crippen MR) is 64.5 cm³/mol. The molecular weight excluding hydrogens is 224 g/mol. The van der Waals surface area contributed by atoms with Gasteiger partial charge in [0, 0.05) is 37.0 Å². The number of rotatable bonds is 2. The lowest BCUT2D eigenvalue weighted by molar-refractivity contribution is 0.861. The lowest BCUT2D eigenvalue weighted by Gasteiger charge is -2.02. The average molecular weight is 235 g/mol. The van der Waals surface area contributed by atoms with Gasteiger partial charge in [0.1, 0.15) is 0 Å². The van der Waals surface area contributed by atoms with E-state index in [9.17, 15) is 4.79 Å². The first-order chi connectivity index (χ1) is 7.70. The summed E-state index contributed by atoms with van der Waals surface area (Å²) in [6, 6.07) is 7.21. The molecule has 0 aliphatic rings. The Balaban J connectivity index is 2.42. The molecule has 0 aromatic carbocycles. The molecular formula is C12H11ClN2O. The predicted octanol–water partition coefficient (Wildman–Crippen LogP) is 2.19. The summed E-state index contributed by atoms with van der Waals surface area (Å²) in [6.45, 7) is 0. The average Bonchev–Trinajstić information content (AvgIpc) is 2.33. The highest BCUT2D eigenvalue weighted by Crippen LogP contribution is 2.15. The van der Waals surface area contributed by atoms with E-state index in [-0.39, 0.29) is 5.56 Å². The first-order valence-electron chi connectivity index (χ1n) is 4.88. The number of aryl methyl sites for hydroxylation is 1. The fourth-order valence-corrected chi connectivity index (χ4v) is 1.54. The lowest BCUT2D eigenvalue weighted by atomic mass is 10.1. The Morgan fingerprint density at radius 3 is 2.75 bits per heavy atom. The van der Waals surface area contributed by atoms with Crippen molar-refractivity contribution in [2.24, 2.45) is 7.05 Å². The molecule has 0 bridgehead atoms. The third-order valence-electron chi connectivity index (χ3n) is 2.38. The van der Waals surface area contributed by atoms with Crippen molar-refractivity contribution in [2.75, 3.05) is 0 Å². The smallest absolute Gasteiger partial charge is 0.250 e. The number of aromatic nitrogens is 2. The molecule has 4 heteroatoms. The summed E-state index contributed by atoms with van der Waals surface area (Å²) in [5, 5.41) is 0. The summed E-state index contributed by atoms with van der Waals surface area (Å²) in [6.07, 6.45) is 3.45. The summed E-state index contributed by atoms with van der Waals surface area (Å²) in [7, 11) is 1.72. The van der Waals surface area contributed by atoms with E-state index in [1.54, 1.807) is 25.5 Å². The van der Waals surface area contributed by atoms with Crippen LogP contribution >= 0.6 is 11.6 Å². The minimum atomic E-state index is -0.0410. The summed E-state index contributed by atoms with van der Waals surface area (Å²) in [4.78, 5) is 15.7. The van der Waals surface area contributed by atoms with Crippen molar-refractivity contribution < 1.29 is 0 Å². The van der Waals surface area contributed by atoms with E-state index in [0.29, 0.717) is 5.88 Å². The zero-order chi connectivity index (χ0) is 11.5. The minimum absolute atomic E-state index is 0.0410. The Morgan fingerprint density at radius 2 is 2.19 bits per heavy atom. The van der Waals surface area contributed by atoms with Crippen LogP contribution in [0.2, 0.25) is 0 Å². The van der Waals surface area contributed by atoms with Gasteiger partial charge in [-0.25, -0.2) is 0 Å². The van der Waals surface area contributed by atoms with Crippen LogP contribution < -0.4 is 5.56 Å². The van der Waals surface area contributed by atoms with Gasteiger partial charge >= 0.3 is 0 Å². The molecule has 0 unspecified atom stereocenters. The summed E-state index contributed by atoms with van der Waals surface area (Å²) in [5.74, 6) is 0.448. The van der Waals surface area contributed by atoms with Crippen molar-refractivity contribution in [1.82, 2.24) is 9.55 Å². The lowest BCUT2D eigenvalue weighted by Crippen LogP contribution is -2.14. The van der Waals surface area contributed by atoms with Crippen LogP contribution in [0.15, 0.2) is 41.5 Å². The number of hydrogen-bond acceptors (Lipinski definition) is 2. The third-order valence-corrected chi connectivity index (χ3v) is 2.69. The molecule has 0 aliphatic carbocycles. The molecule has 82 valence electrons. The second-order valence-corrected chi connectivity index (χ2v) is 3.82. The van der Waals surface area contributed by atoms with Crippen LogP contribution in [-0.2, 0) is 12.9 Å². The Labute approximate surface area is 98.3 Å². The van der Waals surface area contributed by atoms with Crippen molar-refractivity contribution in [1.29, 1.82) is 0 Å². The molecule has 2 aromatic heterocycles. The van der Waals surface area contributed by atoms with Crippen molar-refractivity contribution in [3.05, 3.63) is 52.6 Å². The highest BCUT2D eigenvalue weighted by Gasteiger charge is 2.01. The fourth-order valence-electron chi connectivity index (χ4n) is 1.38. The second kappa shape index (κ2) is 4.49. The van der Waals surface area contributed by atoms with Crippen molar-refractivity contribution in [3.8, 4) is 11.3 Å². The van der Waals surface area contributed by atoms with Crippen molar-refractivity contribution >= 4 is 11.6 Å². The number of halogens is 1. The third kappa shape index (κ3) is 2.14. The molecule has 0 saturated heterocycles. The van der Waals surface area contributed by atoms with Crippen molar-refractivity contribution in [2.45, 2.75) is 5.88 Å². The fraction of sp³-hybridized carbons (Fsp3) is 0.167. The molecule has 0 saturated carbocycles. The maximum atomic E-state index is 11.5. The normalized spacial score (nSPS) is 10.4. The number of pyridine rings is 2. The van der Waals surface area contributed by atoms with Crippen LogP contribution in [0.3, 0.4) is 0 Å². The van der Waals surface area contributed by atoms with Gasteiger partial charge < -0.3 is 4.57 Å². The molecule has 2 heterocycles. The number of hydrogen-bond donors (Lipinski definition) is 0. The largest absolute Gasteiger partial charge is 0.319 e. The van der Waals surface area contributed by atoms with Gasteiger partial charge in [-0.1, -0.05) is 6.07 Å². The van der Waals surface area contributed by atoms with Crippen LogP contribution in [0.4, 0.5) is 0 Å². The standard InChI is InChI=1S/C12H11ClN2O/c1-15-5-4-10(6-12(15)16)11-3-2-9(7-13)8-14-11/h2-6,8H,7H2,1H3. The summed E-state index contributed by atoms with van der Waals surface area (Å²) >= 11 is 5.68. The van der Waals surface area contributed by atoms with Gasteiger partial charge in [-0.15, -0.1) is 11.6 Å². The molecule has 0 fully saturated rings. The van der Waals surface area contributed by atoms with Gasteiger partial charge in [0.2, 0.25) is 0 Å². The van der Waals surface area contributed by atoms with E-state index in [1.807, 2.05) is 18.2 Å². The van der Waals surface area contributed by atoms with Gasteiger partial charge in [0.25, 0.3) is 5.56 Å². The first-order valence-corrected chi connectivity index (χ1v) is 5.42. The molecule has 0 radical (unpaired) electrons. The monoisotopic (exact) mass is 234 g/mol. The molecule has 0 spiro atoms. The zero-order valence-electron chi connectivity index (χ0n) is 8.85. The highest BCUT2D eigenvalue weighted by atomic mass is 35.5. The highest BCUT2D eigenvalue weighted by molar-refractivity contribution is 6.17. The quantitative estimate of drug-likeness (QED) is 0.747. The Bertz CT molecular complexity index is 546. The van der Waals surface area contributed by atoms with Gasteiger partial charge in [0.05, 0.1) is 5.69 Å². The topological polar surface area (TPSA) is 34.9 Å². The SMILES string of the molecule is Cn1ccc(-c2ccc(CCl)cn2)cc1=O. The van der Waals surface area contributed by atoms with E-state index in [0.717, 1.165) is 16.8 Å². The molecule has 16 heavy (non-hydrogen) atoms. The minimum Gasteiger partial charge on any atom is -0.319 e. The number of alkyl halides is 1. The van der Waals surface area contributed by atoms with Crippen LogP contribution in [0, 0.1) is 0 Å². The van der Waals surface area contributed by atoms with Gasteiger partial charge in [-0.05, 0) is 17.7 Å². The Kier molecular flexibility index (Phi) is 3.06. The maximum absolute atomic E-state index is 11.5. The van der Waals surface area contributed by atoms with Crippen LogP contribution in [0.5, 0.6) is 0 Å². The molecule has 2 aromatic rings. The second-order valence-electron chi connectivity index (χ2n) is 3.55. The maximum Gasteiger partial charge on any atom is 0.250 e. The summed E-state index contributed by atoms with van der Waals surface area (Å²) < 4.78 is 1.52. The molecule has 2 rings (SSSR count). The summed E-state index contributed by atoms with van der Waals surface area (Å²) in [5.41, 5.74) is 2.53. The Morgan fingerprint density at radius 1 is 1.38 bits per heavy atom. The van der Waals surface area contributed by atoms with Crippen LogP contribution in [-0.4, -0.2) is 9.55 Å². The number of nitrogens with zero attached hydrogens (tertiary/aromatic N) is 2. The Hall–Kier alpha value is -1.61. The molecule has 0 aliphatic heterocycles. The van der Waals surface area contributed by atoms with Gasteiger partial charge in [-0.3, -0.25) is 9.78 Å². The van der Waals surface area contributed by atoms with E-state index >= 15 is 0 Å².